The Bertz CT molecular complexity index is 553. The van der Waals surface area contributed by atoms with Gasteiger partial charge in [-0.25, -0.2) is 0 Å². The minimum atomic E-state index is -0.0932. The van der Waals surface area contributed by atoms with Crippen LogP contribution in [0.3, 0.4) is 0 Å². The molecule has 108 valence electrons. The van der Waals surface area contributed by atoms with Gasteiger partial charge in [-0.3, -0.25) is 9.59 Å². The van der Waals surface area contributed by atoms with Crippen molar-refractivity contribution in [3.63, 3.8) is 0 Å². The summed E-state index contributed by atoms with van der Waals surface area (Å²) in [6.07, 6.45) is 2.22. The van der Waals surface area contributed by atoms with Crippen molar-refractivity contribution in [3.8, 4) is 0 Å². The first kappa shape index (κ1) is 13.4. The van der Waals surface area contributed by atoms with Gasteiger partial charge in [0.05, 0.1) is 11.3 Å². The predicted molar refractivity (Wildman–Crippen MR) is 77.0 cm³/mol. The first-order valence-electron chi connectivity index (χ1n) is 6.84. The standard InChI is InChI=1S/C13H18N4O2S/c1-8-11(12(14-2)20-15-8)13(19)16-5-6-17(9-3-4-9)10(18)7-16/h9,14H,3-7H2,1-2H3. The summed E-state index contributed by atoms with van der Waals surface area (Å²) in [5.74, 6) is -0.0247. The molecule has 0 aromatic carbocycles. The number of carbonyl (C=O) groups is 2. The Morgan fingerprint density at radius 1 is 1.40 bits per heavy atom. The maximum Gasteiger partial charge on any atom is 0.259 e. The van der Waals surface area contributed by atoms with E-state index < -0.39 is 0 Å². The van der Waals surface area contributed by atoms with Crippen LogP contribution in [0.4, 0.5) is 5.00 Å². The smallest absolute Gasteiger partial charge is 0.259 e. The maximum absolute atomic E-state index is 12.6. The van der Waals surface area contributed by atoms with Crippen molar-refractivity contribution in [1.29, 1.82) is 0 Å². The van der Waals surface area contributed by atoms with E-state index in [2.05, 4.69) is 9.69 Å². The van der Waals surface area contributed by atoms with Crippen LogP contribution in [0.2, 0.25) is 0 Å². The minimum Gasteiger partial charge on any atom is -0.378 e. The summed E-state index contributed by atoms with van der Waals surface area (Å²) in [7, 11) is 1.78. The SMILES string of the molecule is CNc1snc(C)c1C(=O)N1CCN(C2CC2)C(=O)C1. The lowest BCUT2D eigenvalue weighted by molar-refractivity contribution is -0.135. The van der Waals surface area contributed by atoms with E-state index in [4.69, 9.17) is 0 Å². The molecule has 2 heterocycles. The lowest BCUT2D eigenvalue weighted by atomic mass is 10.2. The second kappa shape index (κ2) is 5.05. The van der Waals surface area contributed by atoms with Crippen LogP contribution in [-0.2, 0) is 4.79 Å². The maximum atomic E-state index is 12.6. The van der Waals surface area contributed by atoms with Crippen LogP contribution in [0, 0.1) is 6.92 Å². The van der Waals surface area contributed by atoms with Gasteiger partial charge in [0.2, 0.25) is 5.91 Å². The van der Waals surface area contributed by atoms with Gasteiger partial charge in [-0.05, 0) is 31.3 Å². The van der Waals surface area contributed by atoms with Crippen LogP contribution in [0.5, 0.6) is 0 Å². The van der Waals surface area contributed by atoms with Gasteiger partial charge in [-0.1, -0.05) is 0 Å². The summed E-state index contributed by atoms with van der Waals surface area (Å²) in [6.45, 7) is 3.28. The lowest BCUT2D eigenvalue weighted by Crippen LogP contribution is -2.53. The van der Waals surface area contributed by atoms with Gasteiger partial charge in [0.15, 0.2) is 0 Å². The number of rotatable bonds is 3. The Balaban J connectivity index is 1.74. The quantitative estimate of drug-likeness (QED) is 0.901. The van der Waals surface area contributed by atoms with E-state index in [1.165, 1.54) is 11.5 Å². The largest absolute Gasteiger partial charge is 0.378 e. The van der Waals surface area contributed by atoms with E-state index in [1.807, 2.05) is 11.8 Å². The highest BCUT2D eigenvalue weighted by Crippen LogP contribution is 2.29. The van der Waals surface area contributed by atoms with E-state index in [1.54, 1.807) is 11.9 Å². The molecule has 1 aromatic heterocycles. The number of aryl methyl sites for hydroxylation is 1. The third-order valence-corrected chi connectivity index (χ3v) is 4.79. The molecule has 2 amide bonds. The minimum absolute atomic E-state index is 0.0685. The molecule has 1 N–H and O–H groups in total. The topological polar surface area (TPSA) is 65.5 Å². The Hall–Kier alpha value is -1.63. The van der Waals surface area contributed by atoms with Crippen LogP contribution in [0.15, 0.2) is 0 Å². The van der Waals surface area contributed by atoms with Crippen molar-refractivity contribution in [3.05, 3.63) is 11.3 Å². The van der Waals surface area contributed by atoms with Crippen molar-refractivity contribution >= 4 is 28.3 Å². The molecule has 0 unspecified atom stereocenters. The summed E-state index contributed by atoms with van der Waals surface area (Å²) in [5.41, 5.74) is 1.33. The van der Waals surface area contributed by atoms with Gasteiger partial charge in [0.1, 0.15) is 11.5 Å². The third-order valence-electron chi connectivity index (χ3n) is 3.84. The van der Waals surface area contributed by atoms with Crippen molar-refractivity contribution < 1.29 is 9.59 Å². The zero-order valence-electron chi connectivity index (χ0n) is 11.7. The zero-order chi connectivity index (χ0) is 14.3. The van der Waals surface area contributed by atoms with Crippen molar-refractivity contribution in [2.45, 2.75) is 25.8 Å². The van der Waals surface area contributed by atoms with Gasteiger partial charge in [-0.2, -0.15) is 4.37 Å². The second-order valence-electron chi connectivity index (χ2n) is 5.27. The summed E-state index contributed by atoms with van der Waals surface area (Å²) < 4.78 is 4.21. The molecule has 2 aliphatic rings. The Morgan fingerprint density at radius 2 is 2.15 bits per heavy atom. The number of nitrogens with zero attached hydrogens (tertiary/aromatic N) is 3. The Labute approximate surface area is 121 Å². The molecule has 2 fully saturated rings. The number of hydrogen-bond acceptors (Lipinski definition) is 5. The molecule has 0 radical (unpaired) electrons. The molecule has 1 saturated carbocycles. The number of aromatic nitrogens is 1. The molecule has 1 aliphatic carbocycles. The number of carbonyl (C=O) groups excluding carboxylic acids is 2. The van der Waals surface area contributed by atoms with Gasteiger partial charge in [-0.15, -0.1) is 0 Å². The molecular formula is C13H18N4O2S. The third kappa shape index (κ3) is 2.26. The fourth-order valence-corrected chi connectivity index (χ4v) is 3.32. The summed E-state index contributed by atoms with van der Waals surface area (Å²) >= 11 is 1.28. The first-order chi connectivity index (χ1) is 9.61. The number of amides is 2. The lowest BCUT2D eigenvalue weighted by Gasteiger charge is -2.34. The van der Waals surface area contributed by atoms with Gasteiger partial charge < -0.3 is 15.1 Å². The van der Waals surface area contributed by atoms with E-state index >= 15 is 0 Å². The van der Waals surface area contributed by atoms with Crippen molar-refractivity contribution in [1.82, 2.24) is 14.2 Å². The molecule has 3 rings (SSSR count). The van der Waals surface area contributed by atoms with Gasteiger partial charge in [0.25, 0.3) is 5.91 Å². The number of piperazine rings is 1. The monoisotopic (exact) mass is 294 g/mol. The molecule has 0 atom stereocenters. The highest BCUT2D eigenvalue weighted by Gasteiger charge is 2.37. The molecule has 7 heteroatoms. The van der Waals surface area contributed by atoms with Gasteiger partial charge in [0, 0.05) is 26.2 Å². The molecule has 1 saturated heterocycles. The number of nitrogens with one attached hydrogen (secondary N) is 1. The molecule has 1 aromatic rings. The summed E-state index contributed by atoms with van der Waals surface area (Å²) in [5, 5.41) is 3.77. The van der Waals surface area contributed by atoms with Gasteiger partial charge >= 0.3 is 0 Å². The molecule has 0 bridgehead atoms. The fraction of sp³-hybridized carbons (Fsp3) is 0.615. The fourth-order valence-electron chi connectivity index (χ4n) is 2.58. The normalized spacial score (nSPS) is 19.4. The molecule has 20 heavy (non-hydrogen) atoms. The highest BCUT2D eigenvalue weighted by molar-refractivity contribution is 7.10. The zero-order valence-corrected chi connectivity index (χ0v) is 12.5. The number of anilines is 1. The molecular weight excluding hydrogens is 276 g/mol. The predicted octanol–water partition coefficient (Wildman–Crippen LogP) is 0.940. The Morgan fingerprint density at radius 3 is 2.75 bits per heavy atom. The Kier molecular flexibility index (Phi) is 3.37. The van der Waals surface area contributed by atoms with Crippen LogP contribution in [-0.4, -0.2) is 58.7 Å². The molecule has 0 spiro atoms. The first-order valence-corrected chi connectivity index (χ1v) is 7.62. The van der Waals surface area contributed by atoms with Crippen LogP contribution in [0.25, 0.3) is 0 Å². The van der Waals surface area contributed by atoms with E-state index in [0.29, 0.717) is 24.7 Å². The van der Waals surface area contributed by atoms with E-state index in [-0.39, 0.29) is 18.4 Å². The highest BCUT2D eigenvalue weighted by atomic mass is 32.1. The van der Waals surface area contributed by atoms with Crippen LogP contribution in [0.1, 0.15) is 28.9 Å². The van der Waals surface area contributed by atoms with Crippen molar-refractivity contribution in [2.24, 2.45) is 0 Å². The summed E-state index contributed by atoms with van der Waals surface area (Å²) in [6, 6.07) is 0.428. The average Bonchev–Trinajstić information content (AvgIpc) is 3.20. The average molecular weight is 294 g/mol. The van der Waals surface area contributed by atoms with Crippen LogP contribution < -0.4 is 5.32 Å². The second-order valence-corrected chi connectivity index (χ2v) is 6.04. The van der Waals surface area contributed by atoms with Crippen LogP contribution >= 0.6 is 11.5 Å². The number of hydrogen-bond donors (Lipinski definition) is 1. The molecule has 6 nitrogen and oxygen atoms in total. The van der Waals surface area contributed by atoms with Crippen molar-refractivity contribution in [2.75, 3.05) is 32.0 Å². The summed E-state index contributed by atoms with van der Waals surface area (Å²) in [4.78, 5) is 28.2. The molecule has 1 aliphatic heterocycles. The van der Waals surface area contributed by atoms with E-state index in [9.17, 15) is 9.59 Å². The van der Waals surface area contributed by atoms with E-state index in [0.717, 1.165) is 23.5 Å².